The predicted molar refractivity (Wildman–Crippen MR) is 83.2 cm³/mol. The first-order valence-electron chi connectivity index (χ1n) is 7.07. The van der Waals surface area contributed by atoms with E-state index in [0.717, 1.165) is 25.7 Å². The molecule has 0 aliphatic rings. The summed E-state index contributed by atoms with van der Waals surface area (Å²) in [6.45, 7) is 6.91. The number of nitrogens with zero attached hydrogens (tertiary/aromatic N) is 1. The van der Waals surface area contributed by atoms with Gasteiger partial charge in [-0.2, -0.15) is 0 Å². The Morgan fingerprint density at radius 2 is 2.25 bits per heavy atom. The lowest BCUT2D eigenvalue weighted by molar-refractivity contribution is 0.148. The molecule has 3 N–H and O–H groups in total. The lowest BCUT2D eigenvalue weighted by Crippen LogP contribution is -2.30. The first-order chi connectivity index (χ1) is 9.46. The normalized spacial score (nSPS) is 11.4. The van der Waals surface area contributed by atoms with Crippen molar-refractivity contribution in [2.75, 3.05) is 18.5 Å². The third-order valence-electron chi connectivity index (χ3n) is 3.01. The molecule has 0 spiro atoms. The Morgan fingerprint density at radius 3 is 2.90 bits per heavy atom. The number of aryl methyl sites for hydroxylation is 1. The van der Waals surface area contributed by atoms with Crippen molar-refractivity contribution in [3.63, 3.8) is 0 Å². The van der Waals surface area contributed by atoms with Crippen LogP contribution in [-0.2, 0) is 6.42 Å². The number of rotatable bonds is 8. The van der Waals surface area contributed by atoms with Gasteiger partial charge in [0.1, 0.15) is 0 Å². The first-order valence-corrected chi connectivity index (χ1v) is 7.89. The van der Waals surface area contributed by atoms with Crippen LogP contribution < -0.4 is 10.6 Å². The lowest BCUT2D eigenvalue weighted by Gasteiger charge is -2.21. The minimum absolute atomic E-state index is 0.0808. The summed E-state index contributed by atoms with van der Waals surface area (Å²) in [4.78, 5) is 17.0. The number of aliphatic hydroxyl groups excluding tert-OH is 1. The lowest BCUT2D eigenvalue weighted by atomic mass is 9.89. The van der Waals surface area contributed by atoms with Crippen molar-refractivity contribution in [3.05, 3.63) is 11.1 Å². The highest BCUT2D eigenvalue weighted by Crippen LogP contribution is 2.21. The summed E-state index contributed by atoms with van der Waals surface area (Å²) in [5.41, 5.74) is -0.0808. The Morgan fingerprint density at radius 1 is 1.50 bits per heavy atom. The first kappa shape index (κ1) is 16.9. The van der Waals surface area contributed by atoms with Gasteiger partial charge in [0.2, 0.25) is 0 Å². The van der Waals surface area contributed by atoms with Gasteiger partial charge in [0, 0.05) is 24.2 Å². The van der Waals surface area contributed by atoms with E-state index in [1.54, 1.807) is 0 Å². The van der Waals surface area contributed by atoms with Gasteiger partial charge in [0.15, 0.2) is 5.13 Å². The van der Waals surface area contributed by atoms with Gasteiger partial charge in [-0.25, -0.2) is 9.78 Å². The zero-order valence-corrected chi connectivity index (χ0v) is 13.3. The molecule has 5 nitrogen and oxygen atoms in total. The second-order valence-electron chi connectivity index (χ2n) is 5.69. The third kappa shape index (κ3) is 6.34. The van der Waals surface area contributed by atoms with E-state index in [1.165, 1.54) is 16.2 Å². The van der Waals surface area contributed by atoms with Crippen molar-refractivity contribution in [1.82, 2.24) is 10.3 Å². The summed E-state index contributed by atoms with van der Waals surface area (Å²) >= 11 is 1.52. The van der Waals surface area contributed by atoms with Crippen LogP contribution in [0.3, 0.4) is 0 Å². The number of amides is 2. The molecule has 114 valence electrons. The average Bonchev–Trinajstić information content (AvgIpc) is 2.82. The van der Waals surface area contributed by atoms with Gasteiger partial charge < -0.3 is 10.4 Å². The van der Waals surface area contributed by atoms with Gasteiger partial charge in [-0.05, 0) is 24.7 Å². The summed E-state index contributed by atoms with van der Waals surface area (Å²) < 4.78 is 0. The Bertz CT molecular complexity index is 418. The van der Waals surface area contributed by atoms with E-state index in [-0.39, 0.29) is 18.1 Å². The summed E-state index contributed by atoms with van der Waals surface area (Å²) in [5.74, 6) is 0. The molecule has 1 heterocycles. The van der Waals surface area contributed by atoms with Crippen LogP contribution in [0.15, 0.2) is 6.20 Å². The van der Waals surface area contributed by atoms with Crippen LogP contribution in [0.25, 0.3) is 0 Å². The summed E-state index contributed by atoms with van der Waals surface area (Å²) in [6, 6.07) is -0.218. The number of carbonyl (C=O) groups is 1. The van der Waals surface area contributed by atoms with Crippen LogP contribution in [0.5, 0.6) is 0 Å². The Labute approximate surface area is 124 Å². The molecule has 0 saturated carbocycles. The zero-order valence-electron chi connectivity index (χ0n) is 12.5. The molecular formula is C14H25N3O2S. The van der Waals surface area contributed by atoms with Gasteiger partial charge in [0.05, 0.1) is 0 Å². The largest absolute Gasteiger partial charge is 0.396 e. The maximum atomic E-state index is 11.7. The van der Waals surface area contributed by atoms with E-state index >= 15 is 0 Å². The van der Waals surface area contributed by atoms with E-state index < -0.39 is 0 Å². The highest BCUT2D eigenvalue weighted by atomic mass is 32.1. The molecule has 1 aromatic rings. The highest BCUT2D eigenvalue weighted by Gasteiger charge is 2.15. The number of thiazole rings is 1. The molecule has 0 atom stereocenters. The molecule has 1 rings (SSSR count). The van der Waals surface area contributed by atoms with Crippen LogP contribution in [-0.4, -0.2) is 29.3 Å². The Hall–Kier alpha value is -1.14. The molecule has 0 aliphatic carbocycles. The summed E-state index contributed by atoms with van der Waals surface area (Å²) in [7, 11) is 0. The topological polar surface area (TPSA) is 74.2 Å². The smallest absolute Gasteiger partial charge is 0.321 e. The second kappa shape index (κ2) is 8.21. The number of carbonyl (C=O) groups excluding carboxylic acids is 1. The predicted octanol–water partition coefficient (Wildman–Crippen LogP) is 3.02. The van der Waals surface area contributed by atoms with Gasteiger partial charge in [-0.15, -0.1) is 11.3 Å². The number of urea groups is 1. The maximum absolute atomic E-state index is 11.7. The van der Waals surface area contributed by atoms with Crippen LogP contribution in [0, 0.1) is 5.41 Å². The summed E-state index contributed by atoms with van der Waals surface area (Å²) in [6.07, 6.45) is 5.61. The van der Waals surface area contributed by atoms with Crippen LogP contribution >= 0.6 is 11.3 Å². The molecule has 0 aromatic carbocycles. The van der Waals surface area contributed by atoms with Crippen molar-refractivity contribution >= 4 is 22.5 Å². The Kier molecular flexibility index (Phi) is 6.95. The minimum atomic E-state index is -0.218. The van der Waals surface area contributed by atoms with Gasteiger partial charge in [0.25, 0.3) is 0 Å². The molecule has 2 amide bonds. The van der Waals surface area contributed by atoms with Crippen molar-refractivity contribution in [3.8, 4) is 0 Å². The number of hydrogen-bond acceptors (Lipinski definition) is 4. The molecule has 0 saturated heterocycles. The van der Waals surface area contributed by atoms with E-state index in [4.69, 9.17) is 5.11 Å². The standard InChI is InChI=1S/C14H25N3O2S/c1-4-6-11-9-16-13(20-11)17-12(19)15-8-5-7-14(2,3)10-18/h9,18H,4-8,10H2,1-3H3,(H2,15,16,17,19). The molecule has 0 aliphatic heterocycles. The molecule has 0 fully saturated rings. The number of aromatic nitrogens is 1. The average molecular weight is 299 g/mol. The molecule has 0 radical (unpaired) electrons. The number of aliphatic hydroxyl groups is 1. The number of nitrogens with one attached hydrogen (secondary N) is 2. The van der Waals surface area contributed by atoms with Crippen molar-refractivity contribution in [2.45, 2.75) is 46.5 Å². The van der Waals surface area contributed by atoms with Gasteiger partial charge in [-0.3, -0.25) is 5.32 Å². The van der Waals surface area contributed by atoms with E-state index in [1.807, 2.05) is 20.0 Å². The van der Waals surface area contributed by atoms with Crippen LogP contribution in [0.1, 0.15) is 44.9 Å². The Balaban J connectivity index is 2.23. The fourth-order valence-corrected chi connectivity index (χ4v) is 2.63. The number of anilines is 1. The molecular weight excluding hydrogens is 274 g/mol. The fourth-order valence-electron chi connectivity index (χ4n) is 1.72. The zero-order chi connectivity index (χ0) is 15.0. The highest BCUT2D eigenvalue weighted by molar-refractivity contribution is 7.15. The molecule has 1 aromatic heterocycles. The third-order valence-corrected chi connectivity index (χ3v) is 3.99. The van der Waals surface area contributed by atoms with E-state index in [0.29, 0.717) is 11.7 Å². The van der Waals surface area contributed by atoms with Gasteiger partial charge >= 0.3 is 6.03 Å². The second-order valence-corrected chi connectivity index (χ2v) is 6.80. The quantitative estimate of drug-likeness (QED) is 0.646. The van der Waals surface area contributed by atoms with Crippen molar-refractivity contribution in [2.24, 2.45) is 5.41 Å². The minimum Gasteiger partial charge on any atom is -0.396 e. The molecule has 0 bridgehead atoms. The number of hydrogen-bond donors (Lipinski definition) is 3. The fraction of sp³-hybridized carbons (Fsp3) is 0.714. The maximum Gasteiger partial charge on any atom is 0.321 e. The van der Waals surface area contributed by atoms with Crippen molar-refractivity contribution < 1.29 is 9.90 Å². The molecule has 6 heteroatoms. The van der Waals surface area contributed by atoms with Gasteiger partial charge in [-0.1, -0.05) is 27.2 Å². The van der Waals surface area contributed by atoms with E-state index in [2.05, 4.69) is 22.5 Å². The van der Waals surface area contributed by atoms with Crippen molar-refractivity contribution in [1.29, 1.82) is 0 Å². The summed E-state index contributed by atoms with van der Waals surface area (Å²) in [5, 5.41) is 15.3. The molecule has 0 unspecified atom stereocenters. The van der Waals surface area contributed by atoms with Crippen LogP contribution in [0.2, 0.25) is 0 Å². The van der Waals surface area contributed by atoms with E-state index in [9.17, 15) is 4.79 Å². The van der Waals surface area contributed by atoms with Crippen LogP contribution in [0.4, 0.5) is 9.93 Å². The monoisotopic (exact) mass is 299 g/mol. The SMILES string of the molecule is CCCc1cnc(NC(=O)NCCCC(C)(C)CO)s1. The molecule has 20 heavy (non-hydrogen) atoms.